The Morgan fingerprint density at radius 1 is 1.38 bits per heavy atom. The van der Waals surface area contributed by atoms with Crippen molar-refractivity contribution in [1.82, 2.24) is 5.32 Å². The SMILES string of the molecule is C[C@H](O)C[C@H](NCc1ccccc1)C(=O)O. The lowest BCUT2D eigenvalue weighted by Crippen LogP contribution is -2.38. The first-order chi connectivity index (χ1) is 7.59. The second-order valence-corrected chi connectivity index (χ2v) is 3.84. The molecule has 0 aromatic heterocycles. The molecule has 0 fully saturated rings. The van der Waals surface area contributed by atoms with Crippen molar-refractivity contribution in [3.63, 3.8) is 0 Å². The van der Waals surface area contributed by atoms with Crippen molar-refractivity contribution in [2.45, 2.75) is 32.0 Å². The molecule has 3 N–H and O–H groups in total. The Balaban J connectivity index is 2.47. The number of benzene rings is 1. The fourth-order valence-corrected chi connectivity index (χ4v) is 1.45. The van der Waals surface area contributed by atoms with Crippen LogP contribution in [0.1, 0.15) is 18.9 Å². The maximum absolute atomic E-state index is 10.9. The van der Waals surface area contributed by atoms with Crippen LogP contribution in [0.2, 0.25) is 0 Å². The summed E-state index contributed by atoms with van der Waals surface area (Å²) in [4.78, 5) is 10.9. The van der Waals surface area contributed by atoms with Crippen LogP contribution in [0.25, 0.3) is 0 Å². The number of hydrogen-bond acceptors (Lipinski definition) is 3. The van der Waals surface area contributed by atoms with Gasteiger partial charge in [-0.05, 0) is 18.9 Å². The highest BCUT2D eigenvalue weighted by molar-refractivity contribution is 5.73. The molecule has 4 heteroatoms. The van der Waals surface area contributed by atoms with E-state index in [2.05, 4.69) is 5.32 Å². The molecule has 0 heterocycles. The van der Waals surface area contributed by atoms with Crippen molar-refractivity contribution in [3.05, 3.63) is 35.9 Å². The number of aliphatic hydroxyl groups excluding tert-OH is 1. The lowest BCUT2D eigenvalue weighted by atomic mass is 10.1. The van der Waals surface area contributed by atoms with Gasteiger partial charge < -0.3 is 15.5 Å². The first-order valence-corrected chi connectivity index (χ1v) is 5.27. The van der Waals surface area contributed by atoms with E-state index in [0.29, 0.717) is 6.54 Å². The number of carboxylic acids is 1. The third-order valence-electron chi connectivity index (χ3n) is 2.27. The number of nitrogens with one attached hydrogen (secondary N) is 1. The van der Waals surface area contributed by atoms with Crippen LogP contribution in [0.4, 0.5) is 0 Å². The van der Waals surface area contributed by atoms with E-state index in [9.17, 15) is 4.79 Å². The lowest BCUT2D eigenvalue weighted by Gasteiger charge is -2.15. The zero-order chi connectivity index (χ0) is 12.0. The molecule has 0 unspecified atom stereocenters. The van der Waals surface area contributed by atoms with Gasteiger partial charge in [-0.15, -0.1) is 0 Å². The molecular formula is C12H17NO3. The van der Waals surface area contributed by atoms with E-state index in [1.807, 2.05) is 30.3 Å². The normalized spacial score (nSPS) is 14.4. The van der Waals surface area contributed by atoms with Gasteiger partial charge in [0.25, 0.3) is 0 Å². The minimum absolute atomic E-state index is 0.210. The zero-order valence-corrected chi connectivity index (χ0v) is 9.26. The fourth-order valence-electron chi connectivity index (χ4n) is 1.45. The van der Waals surface area contributed by atoms with Crippen LogP contribution < -0.4 is 5.32 Å². The summed E-state index contributed by atoms with van der Waals surface area (Å²) in [5.41, 5.74) is 1.03. The fraction of sp³-hybridized carbons (Fsp3) is 0.417. The predicted molar refractivity (Wildman–Crippen MR) is 61.0 cm³/mol. The van der Waals surface area contributed by atoms with Gasteiger partial charge >= 0.3 is 5.97 Å². The molecule has 1 rings (SSSR count). The number of hydrogen-bond donors (Lipinski definition) is 3. The summed E-state index contributed by atoms with van der Waals surface area (Å²) in [7, 11) is 0. The minimum atomic E-state index is -0.933. The second-order valence-electron chi connectivity index (χ2n) is 3.84. The molecule has 1 aromatic carbocycles. The third kappa shape index (κ3) is 4.42. The van der Waals surface area contributed by atoms with Gasteiger partial charge in [-0.25, -0.2) is 0 Å². The molecule has 4 nitrogen and oxygen atoms in total. The molecule has 16 heavy (non-hydrogen) atoms. The van der Waals surface area contributed by atoms with Gasteiger partial charge in [0.05, 0.1) is 6.10 Å². The van der Waals surface area contributed by atoms with Crippen molar-refractivity contribution in [1.29, 1.82) is 0 Å². The third-order valence-corrected chi connectivity index (χ3v) is 2.27. The molecule has 2 atom stereocenters. The molecule has 0 aliphatic rings. The van der Waals surface area contributed by atoms with Gasteiger partial charge in [0.2, 0.25) is 0 Å². The summed E-state index contributed by atoms with van der Waals surface area (Å²) in [6, 6.07) is 8.86. The molecule has 0 aliphatic carbocycles. The van der Waals surface area contributed by atoms with Crippen LogP contribution >= 0.6 is 0 Å². The Morgan fingerprint density at radius 3 is 2.50 bits per heavy atom. The Kier molecular flexibility index (Phi) is 4.95. The van der Waals surface area contributed by atoms with E-state index in [1.165, 1.54) is 0 Å². The molecule has 88 valence electrons. The van der Waals surface area contributed by atoms with Gasteiger partial charge in [0.15, 0.2) is 0 Å². The maximum atomic E-state index is 10.9. The highest BCUT2D eigenvalue weighted by atomic mass is 16.4. The molecule has 0 radical (unpaired) electrons. The molecular weight excluding hydrogens is 206 g/mol. The Labute approximate surface area is 94.9 Å². The van der Waals surface area contributed by atoms with E-state index >= 15 is 0 Å². The van der Waals surface area contributed by atoms with Crippen molar-refractivity contribution < 1.29 is 15.0 Å². The topological polar surface area (TPSA) is 69.6 Å². The van der Waals surface area contributed by atoms with Gasteiger partial charge in [0.1, 0.15) is 6.04 Å². The van der Waals surface area contributed by atoms with Crippen LogP contribution in [-0.4, -0.2) is 28.3 Å². The molecule has 0 spiro atoms. The number of carboxylic acid groups (broad SMARTS) is 1. The quantitative estimate of drug-likeness (QED) is 0.673. The largest absolute Gasteiger partial charge is 0.480 e. The van der Waals surface area contributed by atoms with Crippen molar-refractivity contribution in [2.75, 3.05) is 0 Å². The van der Waals surface area contributed by atoms with Crippen molar-refractivity contribution in [2.24, 2.45) is 0 Å². The Morgan fingerprint density at radius 2 is 2.00 bits per heavy atom. The summed E-state index contributed by atoms with van der Waals surface area (Å²) in [5, 5.41) is 21.0. The van der Waals surface area contributed by atoms with E-state index in [-0.39, 0.29) is 6.42 Å². The van der Waals surface area contributed by atoms with E-state index in [1.54, 1.807) is 6.92 Å². The van der Waals surface area contributed by atoms with E-state index in [0.717, 1.165) is 5.56 Å². The summed E-state index contributed by atoms with van der Waals surface area (Å²) >= 11 is 0. The maximum Gasteiger partial charge on any atom is 0.320 e. The van der Waals surface area contributed by atoms with Gasteiger partial charge in [0, 0.05) is 6.54 Å². The summed E-state index contributed by atoms with van der Waals surface area (Å²) < 4.78 is 0. The standard InChI is InChI=1S/C12H17NO3/c1-9(14)7-11(12(15)16)13-8-10-5-3-2-4-6-10/h2-6,9,11,13-14H,7-8H2,1H3,(H,15,16)/t9-,11-/m0/s1. The summed E-state index contributed by atoms with van der Waals surface area (Å²) in [5.74, 6) is -0.933. The molecule has 1 aromatic rings. The first-order valence-electron chi connectivity index (χ1n) is 5.27. The van der Waals surface area contributed by atoms with Crippen molar-refractivity contribution >= 4 is 5.97 Å². The molecule has 0 aliphatic heterocycles. The molecule has 0 bridgehead atoms. The van der Waals surface area contributed by atoms with Gasteiger partial charge in [-0.3, -0.25) is 4.79 Å². The Hall–Kier alpha value is -1.39. The summed E-state index contributed by atoms with van der Waals surface area (Å²) in [6.45, 7) is 2.07. The van der Waals surface area contributed by atoms with Crippen LogP contribution in [0.5, 0.6) is 0 Å². The smallest absolute Gasteiger partial charge is 0.320 e. The highest BCUT2D eigenvalue weighted by Crippen LogP contribution is 2.02. The number of rotatable bonds is 6. The van der Waals surface area contributed by atoms with E-state index < -0.39 is 18.1 Å². The van der Waals surface area contributed by atoms with Crippen LogP contribution in [0.3, 0.4) is 0 Å². The average molecular weight is 223 g/mol. The number of aliphatic hydroxyl groups is 1. The first kappa shape index (κ1) is 12.7. The molecule has 0 amide bonds. The van der Waals surface area contributed by atoms with Gasteiger partial charge in [-0.1, -0.05) is 30.3 Å². The molecule has 0 saturated heterocycles. The van der Waals surface area contributed by atoms with Gasteiger partial charge in [-0.2, -0.15) is 0 Å². The minimum Gasteiger partial charge on any atom is -0.480 e. The van der Waals surface area contributed by atoms with Crippen LogP contribution in [-0.2, 0) is 11.3 Å². The molecule has 0 saturated carbocycles. The van der Waals surface area contributed by atoms with Crippen LogP contribution in [0, 0.1) is 0 Å². The summed E-state index contributed by atoms with van der Waals surface area (Å²) in [6.07, 6.45) is -0.410. The number of carbonyl (C=O) groups is 1. The predicted octanol–water partition coefficient (Wildman–Crippen LogP) is 1.00. The second kappa shape index (κ2) is 6.25. The van der Waals surface area contributed by atoms with Crippen LogP contribution in [0.15, 0.2) is 30.3 Å². The Bertz CT molecular complexity index is 324. The van der Waals surface area contributed by atoms with Crippen molar-refractivity contribution in [3.8, 4) is 0 Å². The van der Waals surface area contributed by atoms with E-state index in [4.69, 9.17) is 10.2 Å². The number of aliphatic carboxylic acids is 1. The highest BCUT2D eigenvalue weighted by Gasteiger charge is 2.18. The monoisotopic (exact) mass is 223 g/mol. The zero-order valence-electron chi connectivity index (χ0n) is 9.26. The average Bonchev–Trinajstić information content (AvgIpc) is 2.25. The lowest BCUT2D eigenvalue weighted by molar-refractivity contribution is -0.140.